The summed E-state index contributed by atoms with van der Waals surface area (Å²) in [5, 5.41) is 9.61. The van der Waals surface area contributed by atoms with Gasteiger partial charge in [-0.05, 0) is 23.8 Å². The highest BCUT2D eigenvalue weighted by Crippen LogP contribution is 2.29. The Bertz CT molecular complexity index is 614. The van der Waals surface area contributed by atoms with Crippen LogP contribution < -0.4 is 16.0 Å². The highest BCUT2D eigenvalue weighted by molar-refractivity contribution is 5.94. The number of ether oxygens (including phenoxy) is 1. The zero-order chi connectivity index (χ0) is 13.8. The highest BCUT2D eigenvalue weighted by Gasteiger charge is 2.08. The summed E-state index contributed by atoms with van der Waals surface area (Å²) in [7, 11) is 1.51. The average Bonchev–Trinajstić information content (AvgIpc) is 2.45. The maximum absolute atomic E-state index is 11.4. The highest BCUT2D eigenvalue weighted by atomic mass is 16.5. The molecule has 0 atom stereocenters. The van der Waals surface area contributed by atoms with Crippen molar-refractivity contribution in [3.05, 3.63) is 42.2 Å². The zero-order valence-corrected chi connectivity index (χ0v) is 10.3. The molecule has 1 amide bonds. The standard InChI is InChI=1S/C13H13N3O3/c1-19-12-4-8(3-11(17)5-12)9-2-10(7-15-6-9)13(18)16-14/h2-7,17H,14H2,1H3,(H,16,18). The minimum atomic E-state index is -0.429. The van der Waals surface area contributed by atoms with Crippen LogP contribution in [-0.4, -0.2) is 23.1 Å². The molecule has 0 aliphatic carbocycles. The van der Waals surface area contributed by atoms with E-state index >= 15 is 0 Å². The lowest BCUT2D eigenvalue weighted by Crippen LogP contribution is -2.30. The SMILES string of the molecule is COc1cc(O)cc(-c2cncc(C(=O)NN)c2)c1. The number of phenolic OH excluding ortho intramolecular Hbond substituents is 1. The van der Waals surface area contributed by atoms with Crippen LogP contribution in [0, 0.1) is 0 Å². The number of aromatic nitrogens is 1. The molecule has 4 N–H and O–H groups in total. The molecule has 1 heterocycles. The van der Waals surface area contributed by atoms with Gasteiger partial charge in [0.05, 0.1) is 12.7 Å². The first kappa shape index (κ1) is 12.8. The van der Waals surface area contributed by atoms with E-state index in [2.05, 4.69) is 4.98 Å². The molecule has 0 bridgehead atoms. The molecule has 6 heteroatoms. The Morgan fingerprint density at radius 3 is 2.74 bits per heavy atom. The summed E-state index contributed by atoms with van der Waals surface area (Å²) in [5.74, 6) is 5.24. The lowest BCUT2D eigenvalue weighted by molar-refractivity contribution is 0.0953. The van der Waals surface area contributed by atoms with E-state index < -0.39 is 5.91 Å². The number of nitrogens with zero attached hydrogens (tertiary/aromatic N) is 1. The molecule has 0 saturated carbocycles. The van der Waals surface area contributed by atoms with Crippen molar-refractivity contribution in [1.82, 2.24) is 10.4 Å². The molecule has 0 fully saturated rings. The molecule has 0 aliphatic rings. The minimum Gasteiger partial charge on any atom is -0.508 e. The predicted molar refractivity (Wildman–Crippen MR) is 69.5 cm³/mol. The van der Waals surface area contributed by atoms with E-state index in [1.807, 2.05) is 5.43 Å². The molecule has 0 spiro atoms. The van der Waals surface area contributed by atoms with Crippen LogP contribution in [0.1, 0.15) is 10.4 Å². The lowest BCUT2D eigenvalue weighted by Gasteiger charge is -2.07. The van der Waals surface area contributed by atoms with Crippen LogP contribution in [0.5, 0.6) is 11.5 Å². The molecule has 2 aromatic rings. The fraction of sp³-hybridized carbons (Fsp3) is 0.0769. The van der Waals surface area contributed by atoms with Crippen LogP contribution in [0.15, 0.2) is 36.7 Å². The second kappa shape index (κ2) is 5.36. The second-order valence-electron chi connectivity index (χ2n) is 3.86. The van der Waals surface area contributed by atoms with Crippen molar-refractivity contribution in [2.24, 2.45) is 5.84 Å². The number of nitrogens with two attached hydrogens (primary N) is 1. The van der Waals surface area contributed by atoms with Crippen molar-refractivity contribution in [2.45, 2.75) is 0 Å². The van der Waals surface area contributed by atoms with Crippen molar-refractivity contribution in [3.63, 3.8) is 0 Å². The van der Waals surface area contributed by atoms with Crippen molar-refractivity contribution >= 4 is 5.91 Å². The van der Waals surface area contributed by atoms with E-state index in [-0.39, 0.29) is 5.75 Å². The summed E-state index contributed by atoms with van der Waals surface area (Å²) >= 11 is 0. The van der Waals surface area contributed by atoms with Crippen LogP contribution in [0.4, 0.5) is 0 Å². The minimum absolute atomic E-state index is 0.0722. The number of benzene rings is 1. The molecule has 0 saturated heterocycles. The van der Waals surface area contributed by atoms with Gasteiger partial charge in [0.15, 0.2) is 0 Å². The van der Waals surface area contributed by atoms with Gasteiger partial charge in [0.25, 0.3) is 5.91 Å². The number of rotatable bonds is 3. The van der Waals surface area contributed by atoms with E-state index in [1.165, 1.54) is 19.4 Å². The van der Waals surface area contributed by atoms with E-state index in [1.54, 1.807) is 24.4 Å². The maximum atomic E-state index is 11.4. The van der Waals surface area contributed by atoms with Gasteiger partial charge in [0, 0.05) is 24.0 Å². The Balaban J connectivity index is 2.47. The number of carbonyl (C=O) groups is 1. The molecule has 0 radical (unpaired) electrons. The Hall–Kier alpha value is -2.60. The number of amides is 1. The van der Waals surface area contributed by atoms with Gasteiger partial charge < -0.3 is 9.84 Å². The smallest absolute Gasteiger partial charge is 0.266 e. The van der Waals surface area contributed by atoms with Gasteiger partial charge in [0.2, 0.25) is 0 Å². The van der Waals surface area contributed by atoms with Gasteiger partial charge >= 0.3 is 0 Å². The predicted octanol–water partition coefficient (Wildman–Crippen LogP) is 1.07. The normalized spacial score (nSPS) is 10.0. The third-order valence-corrected chi connectivity index (χ3v) is 2.59. The van der Waals surface area contributed by atoms with Crippen molar-refractivity contribution in [2.75, 3.05) is 7.11 Å². The first-order valence-corrected chi connectivity index (χ1v) is 5.48. The lowest BCUT2D eigenvalue weighted by atomic mass is 10.1. The molecule has 2 rings (SSSR count). The van der Waals surface area contributed by atoms with Gasteiger partial charge in [-0.2, -0.15) is 0 Å². The number of phenols is 1. The molecule has 19 heavy (non-hydrogen) atoms. The number of hydrogen-bond acceptors (Lipinski definition) is 5. The number of nitrogens with one attached hydrogen (secondary N) is 1. The number of methoxy groups -OCH3 is 1. The van der Waals surface area contributed by atoms with Crippen molar-refractivity contribution in [3.8, 4) is 22.6 Å². The Morgan fingerprint density at radius 2 is 2.05 bits per heavy atom. The molecular formula is C13H13N3O3. The van der Waals surface area contributed by atoms with E-state index in [0.29, 0.717) is 22.4 Å². The van der Waals surface area contributed by atoms with Gasteiger partial charge in [0.1, 0.15) is 11.5 Å². The van der Waals surface area contributed by atoms with Gasteiger partial charge in [-0.25, -0.2) is 5.84 Å². The summed E-state index contributed by atoms with van der Waals surface area (Å²) in [5.41, 5.74) is 3.74. The molecule has 1 aromatic heterocycles. The summed E-state index contributed by atoms with van der Waals surface area (Å²) < 4.78 is 5.08. The van der Waals surface area contributed by atoms with Crippen molar-refractivity contribution in [1.29, 1.82) is 0 Å². The third-order valence-electron chi connectivity index (χ3n) is 2.59. The molecule has 1 aromatic carbocycles. The summed E-state index contributed by atoms with van der Waals surface area (Å²) in [4.78, 5) is 15.4. The van der Waals surface area contributed by atoms with E-state index in [0.717, 1.165) is 0 Å². The first-order chi connectivity index (χ1) is 9.13. The average molecular weight is 259 g/mol. The van der Waals surface area contributed by atoms with Crippen LogP contribution in [-0.2, 0) is 0 Å². The molecule has 6 nitrogen and oxygen atoms in total. The number of hydrogen-bond donors (Lipinski definition) is 3. The quantitative estimate of drug-likeness (QED) is 0.435. The number of nitrogen functional groups attached to an aromatic ring is 1. The van der Waals surface area contributed by atoms with Gasteiger partial charge in [-0.15, -0.1) is 0 Å². The van der Waals surface area contributed by atoms with Gasteiger partial charge in [-0.1, -0.05) is 0 Å². The topological polar surface area (TPSA) is 97.5 Å². The number of carbonyl (C=O) groups excluding carboxylic acids is 1. The fourth-order valence-electron chi connectivity index (χ4n) is 1.67. The summed E-state index contributed by atoms with van der Waals surface area (Å²) in [6, 6.07) is 6.42. The van der Waals surface area contributed by atoms with E-state index in [4.69, 9.17) is 10.6 Å². The second-order valence-corrected chi connectivity index (χ2v) is 3.86. The third kappa shape index (κ3) is 2.80. The van der Waals surface area contributed by atoms with Crippen LogP contribution in [0.25, 0.3) is 11.1 Å². The zero-order valence-electron chi connectivity index (χ0n) is 10.3. The molecular weight excluding hydrogens is 246 g/mol. The van der Waals surface area contributed by atoms with Crippen molar-refractivity contribution < 1.29 is 14.6 Å². The summed E-state index contributed by atoms with van der Waals surface area (Å²) in [6.45, 7) is 0. The molecule has 98 valence electrons. The largest absolute Gasteiger partial charge is 0.508 e. The molecule has 0 unspecified atom stereocenters. The first-order valence-electron chi connectivity index (χ1n) is 5.48. The Morgan fingerprint density at radius 1 is 1.26 bits per heavy atom. The number of pyridine rings is 1. The van der Waals surface area contributed by atoms with Crippen LogP contribution in [0.3, 0.4) is 0 Å². The Labute approximate surface area is 109 Å². The maximum Gasteiger partial charge on any atom is 0.266 e. The summed E-state index contributed by atoms with van der Waals surface area (Å²) in [6.07, 6.45) is 2.99. The van der Waals surface area contributed by atoms with E-state index in [9.17, 15) is 9.90 Å². The monoisotopic (exact) mass is 259 g/mol. The Kier molecular flexibility index (Phi) is 3.63. The fourth-order valence-corrected chi connectivity index (χ4v) is 1.67. The number of hydrazine groups is 1. The number of aromatic hydroxyl groups is 1. The van der Waals surface area contributed by atoms with Crippen LogP contribution >= 0.6 is 0 Å². The van der Waals surface area contributed by atoms with Crippen LogP contribution in [0.2, 0.25) is 0 Å². The van der Waals surface area contributed by atoms with Gasteiger partial charge in [-0.3, -0.25) is 15.2 Å². The molecule has 0 aliphatic heterocycles.